The smallest absolute Gasteiger partial charge is 0.261 e. The molecule has 5 nitrogen and oxygen atoms in total. The molecule has 3 aliphatic rings. The van der Waals surface area contributed by atoms with E-state index in [-0.39, 0.29) is 29.8 Å². The van der Waals surface area contributed by atoms with Crippen molar-refractivity contribution in [3.63, 3.8) is 0 Å². The second-order valence-electron chi connectivity index (χ2n) is 6.78. The first-order valence-corrected chi connectivity index (χ1v) is 8.48. The highest BCUT2D eigenvalue weighted by molar-refractivity contribution is 6.22. The lowest BCUT2D eigenvalue weighted by Crippen LogP contribution is -2.40. The molecule has 3 amide bonds. The van der Waals surface area contributed by atoms with Crippen molar-refractivity contribution in [1.82, 2.24) is 10.2 Å². The Bertz CT molecular complexity index is 688. The zero-order valence-electron chi connectivity index (χ0n) is 13.0. The Morgan fingerprint density at radius 3 is 2.35 bits per heavy atom. The van der Waals surface area contributed by atoms with Crippen LogP contribution in [0, 0.1) is 0 Å². The van der Waals surface area contributed by atoms with Crippen molar-refractivity contribution in [3.05, 3.63) is 34.9 Å². The van der Waals surface area contributed by atoms with Crippen LogP contribution in [0.4, 0.5) is 0 Å². The van der Waals surface area contributed by atoms with E-state index < -0.39 is 0 Å². The standard InChI is InChI=1S/C18H20N2O3/c21-16(19-12-7-8-12)11-6-9-14-15(10-11)18(23)20(17(14)22)13-4-2-1-3-5-13/h6,9-10,12-13H,1-5,7-8H2,(H,19,21). The predicted octanol–water partition coefficient (Wildman–Crippen LogP) is 2.51. The van der Waals surface area contributed by atoms with Gasteiger partial charge in [-0.25, -0.2) is 0 Å². The van der Waals surface area contributed by atoms with Gasteiger partial charge in [0.1, 0.15) is 0 Å². The molecule has 1 aromatic carbocycles. The second-order valence-corrected chi connectivity index (χ2v) is 6.78. The lowest BCUT2D eigenvalue weighted by Gasteiger charge is -2.29. The third kappa shape index (κ3) is 2.54. The van der Waals surface area contributed by atoms with Gasteiger partial charge in [-0.05, 0) is 43.9 Å². The zero-order valence-corrected chi connectivity index (χ0v) is 13.0. The Morgan fingerprint density at radius 1 is 0.957 bits per heavy atom. The monoisotopic (exact) mass is 312 g/mol. The molecule has 2 fully saturated rings. The Morgan fingerprint density at radius 2 is 1.65 bits per heavy atom. The average Bonchev–Trinajstić information content (AvgIpc) is 3.35. The van der Waals surface area contributed by atoms with E-state index in [1.807, 2.05) is 0 Å². The molecule has 2 saturated carbocycles. The topological polar surface area (TPSA) is 66.5 Å². The summed E-state index contributed by atoms with van der Waals surface area (Å²) in [4.78, 5) is 38.8. The van der Waals surface area contributed by atoms with Gasteiger partial charge in [-0.1, -0.05) is 19.3 Å². The maximum atomic E-state index is 12.7. The van der Waals surface area contributed by atoms with E-state index in [1.54, 1.807) is 18.2 Å². The molecule has 0 radical (unpaired) electrons. The molecule has 0 aromatic heterocycles. The molecule has 0 spiro atoms. The summed E-state index contributed by atoms with van der Waals surface area (Å²) >= 11 is 0. The number of nitrogens with zero attached hydrogens (tertiary/aromatic N) is 1. The second kappa shape index (κ2) is 5.48. The molecule has 5 heteroatoms. The summed E-state index contributed by atoms with van der Waals surface area (Å²) in [6.45, 7) is 0. The normalized spacial score (nSPS) is 21.5. The third-order valence-electron chi connectivity index (χ3n) is 5.03. The van der Waals surface area contributed by atoms with E-state index in [1.165, 1.54) is 11.3 Å². The van der Waals surface area contributed by atoms with Crippen molar-refractivity contribution in [1.29, 1.82) is 0 Å². The molecule has 1 heterocycles. The lowest BCUT2D eigenvalue weighted by molar-refractivity contribution is 0.0549. The van der Waals surface area contributed by atoms with Crippen LogP contribution in [0.2, 0.25) is 0 Å². The SMILES string of the molecule is O=C(NC1CC1)c1ccc2c(c1)C(=O)N(C1CCCCC1)C2=O. The molecule has 23 heavy (non-hydrogen) atoms. The number of nitrogens with one attached hydrogen (secondary N) is 1. The lowest BCUT2D eigenvalue weighted by atomic mass is 9.94. The van der Waals surface area contributed by atoms with Gasteiger partial charge in [0, 0.05) is 17.6 Å². The summed E-state index contributed by atoms with van der Waals surface area (Å²) in [5.74, 6) is -0.601. The number of rotatable bonds is 3. The van der Waals surface area contributed by atoms with Gasteiger partial charge in [0.05, 0.1) is 11.1 Å². The van der Waals surface area contributed by atoms with Crippen LogP contribution in [0.1, 0.15) is 76.0 Å². The largest absolute Gasteiger partial charge is 0.349 e. The number of carbonyl (C=O) groups excluding carboxylic acids is 3. The minimum atomic E-state index is -0.238. The van der Waals surface area contributed by atoms with Gasteiger partial charge >= 0.3 is 0 Å². The van der Waals surface area contributed by atoms with Crippen LogP contribution in [-0.4, -0.2) is 34.7 Å². The average molecular weight is 312 g/mol. The molecule has 1 aliphatic heterocycles. The van der Waals surface area contributed by atoms with Gasteiger partial charge in [-0.3, -0.25) is 19.3 Å². The van der Waals surface area contributed by atoms with Crippen molar-refractivity contribution in [2.45, 2.75) is 57.0 Å². The summed E-state index contributed by atoms with van der Waals surface area (Å²) in [5, 5.41) is 2.91. The number of imide groups is 1. The molecule has 0 bridgehead atoms. The zero-order chi connectivity index (χ0) is 16.0. The van der Waals surface area contributed by atoms with Gasteiger partial charge in [0.2, 0.25) is 0 Å². The number of benzene rings is 1. The van der Waals surface area contributed by atoms with Crippen molar-refractivity contribution in [2.75, 3.05) is 0 Å². The van der Waals surface area contributed by atoms with Gasteiger partial charge in [-0.2, -0.15) is 0 Å². The van der Waals surface area contributed by atoms with Gasteiger partial charge in [-0.15, -0.1) is 0 Å². The molecule has 0 unspecified atom stereocenters. The molecule has 120 valence electrons. The Kier molecular flexibility index (Phi) is 3.43. The molecular weight excluding hydrogens is 292 g/mol. The first-order chi connectivity index (χ1) is 11.1. The van der Waals surface area contributed by atoms with Crippen LogP contribution in [0.25, 0.3) is 0 Å². The Labute approximate surface area is 135 Å². The number of hydrogen-bond donors (Lipinski definition) is 1. The molecule has 4 rings (SSSR count). The van der Waals surface area contributed by atoms with Gasteiger partial charge in [0.25, 0.3) is 17.7 Å². The maximum Gasteiger partial charge on any atom is 0.261 e. The van der Waals surface area contributed by atoms with E-state index in [2.05, 4.69) is 5.32 Å². The molecular formula is C18H20N2O3. The highest BCUT2D eigenvalue weighted by Gasteiger charge is 2.40. The van der Waals surface area contributed by atoms with Crippen molar-refractivity contribution >= 4 is 17.7 Å². The van der Waals surface area contributed by atoms with E-state index in [0.717, 1.165) is 38.5 Å². The minimum absolute atomic E-state index is 0.0138. The van der Waals surface area contributed by atoms with Crippen molar-refractivity contribution < 1.29 is 14.4 Å². The van der Waals surface area contributed by atoms with E-state index in [9.17, 15) is 14.4 Å². The first-order valence-electron chi connectivity index (χ1n) is 8.48. The predicted molar refractivity (Wildman–Crippen MR) is 84.3 cm³/mol. The van der Waals surface area contributed by atoms with E-state index in [4.69, 9.17) is 0 Å². The quantitative estimate of drug-likeness (QED) is 0.872. The van der Waals surface area contributed by atoms with Gasteiger partial charge < -0.3 is 5.32 Å². The molecule has 2 aliphatic carbocycles. The van der Waals surface area contributed by atoms with Crippen LogP contribution in [-0.2, 0) is 0 Å². The number of carbonyl (C=O) groups is 3. The Hall–Kier alpha value is -2.17. The third-order valence-corrected chi connectivity index (χ3v) is 5.03. The summed E-state index contributed by atoms with van der Waals surface area (Å²) in [6.07, 6.45) is 7.11. The maximum absolute atomic E-state index is 12.7. The van der Waals surface area contributed by atoms with Gasteiger partial charge in [0.15, 0.2) is 0 Å². The van der Waals surface area contributed by atoms with Crippen LogP contribution in [0.15, 0.2) is 18.2 Å². The van der Waals surface area contributed by atoms with Crippen LogP contribution in [0.3, 0.4) is 0 Å². The molecule has 0 atom stereocenters. The molecule has 0 saturated heterocycles. The summed E-state index contributed by atoms with van der Waals surface area (Å²) in [7, 11) is 0. The summed E-state index contributed by atoms with van der Waals surface area (Å²) in [5.41, 5.74) is 1.27. The number of fused-ring (bicyclic) bond motifs is 1. The fourth-order valence-corrected chi connectivity index (χ4v) is 3.57. The van der Waals surface area contributed by atoms with Crippen LogP contribution >= 0.6 is 0 Å². The van der Waals surface area contributed by atoms with Crippen molar-refractivity contribution in [2.24, 2.45) is 0 Å². The number of hydrogen-bond acceptors (Lipinski definition) is 3. The van der Waals surface area contributed by atoms with E-state index >= 15 is 0 Å². The Balaban J connectivity index is 1.60. The highest BCUT2D eigenvalue weighted by Crippen LogP contribution is 2.31. The summed E-state index contributed by atoms with van der Waals surface area (Å²) < 4.78 is 0. The highest BCUT2D eigenvalue weighted by atomic mass is 16.2. The molecule has 1 N–H and O–H groups in total. The summed E-state index contributed by atoms with van der Waals surface area (Å²) in [6, 6.07) is 5.13. The fraction of sp³-hybridized carbons (Fsp3) is 0.500. The molecule has 1 aromatic rings. The first kappa shape index (κ1) is 14.4. The minimum Gasteiger partial charge on any atom is -0.349 e. The number of amides is 3. The van der Waals surface area contributed by atoms with Crippen LogP contribution in [0.5, 0.6) is 0 Å². The van der Waals surface area contributed by atoms with Crippen molar-refractivity contribution in [3.8, 4) is 0 Å². The van der Waals surface area contributed by atoms with Crippen LogP contribution < -0.4 is 5.32 Å². The van der Waals surface area contributed by atoms with E-state index in [0.29, 0.717) is 16.7 Å². The fourth-order valence-electron chi connectivity index (χ4n) is 3.57.